The van der Waals surface area contributed by atoms with E-state index in [1.165, 1.54) is 12.8 Å². The Kier molecular flexibility index (Phi) is 5.75. The fourth-order valence-electron chi connectivity index (χ4n) is 2.99. The first kappa shape index (κ1) is 15.7. The highest BCUT2D eigenvalue weighted by Gasteiger charge is 2.29. The number of hydrogen-bond donors (Lipinski definition) is 1. The van der Waals surface area contributed by atoms with Gasteiger partial charge in [-0.2, -0.15) is 0 Å². The van der Waals surface area contributed by atoms with Crippen LogP contribution in [0, 0.1) is 5.92 Å². The Morgan fingerprint density at radius 3 is 2.65 bits per heavy atom. The van der Waals surface area contributed by atoms with Gasteiger partial charge in [-0.25, -0.2) is 0 Å². The van der Waals surface area contributed by atoms with Gasteiger partial charge in [0.1, 0.15) is 6.04 Å². The zero-order chi connectivity index (χ0) is 14.5. The first-order chi connectivity index (χ1) is 9.65. The Labute approximate surface area is 126 Å². The lowest BCUT2D eigenvalue weighted by Crippen LogP contribution is -2.45. The van der Waals surface area contributed by atoms with Crippen molar-refractivity contribution in [1.29, 1.82) is 0 Å². The van der Waals surface area contributed by atoms with Crippen LogP contribution in [0.4, 0.5) is 0 Å². The molecule has 5 heteroatoms. The lowest BCUT2D eigenvalue weighted by molar-refractivity contribution is -0.131. The lowest BCUT2D eigenvalue weighted by Gasteiger charge is -2.22. The summed E-state index contributed by atoms with van der Waals surface area (Å²) in [6, 6.07) is -0.153. The number of carbonyl (C=O) groups is 1. The SMILES string of the molecule is CCC(CC)C1CN=C(NC(C)C(=O)N2CCCC2)S1. The molecule has 2 rings (SSSR count). The van der Waals surface area contributed by atoms with Gasteiger partial charge in [-0.1, -0.05) is 38.5 Å². The number of nitrogens with zero attached hydrogens (tertiary/aromatic N) is 2. The molecule has 114 valence electrons. The lowest BCUT2D eigenvalue weighted by atomic mass is 9.99. The number of nitrogens with one attached hydrogen (secondary N) is 1. The van der Waals surface area contributed by atoms with Crippen molar-refractivity contribution in [1.82, 2.24) is 10.2 Å². The van der Waals surface area contributed by atoms with Crippen molar-refractivity contribution in [2.75, 3.05) is 19.6 Å². The van der Waals surface area contributed by atoms with Crippen molar-refractivity contribution in [3.63, 3.8) is 0 Å². The van der Waals surface area contributed by atoms with Gasteiger partial charge in [0.25, 0.3) is 0 Å². The number of rotatable bonds is 5. The van der Waals surface area contributed by atoms with E-state index in [-0.39, 0.29) is 11.9 Å². The Morgan fingerprint density at radius 2 is 2.05 bits per heavy atom. The van der Waals surface area contributed by atoms with Crippen molar-refractivity contribution in [3.05, 3.63) is 0 Å². The highest BCUT2D eigenvalue weighted by atomic mass is 32.2. The summed E-state index contributed by atoms with van der Waals surface area (Å²) in [6.45, 7) is 9.18. The minimum absolute atomic E-state index is 0.153. The van der Waals surface area contributed by atoms with Crippen LogP contribution in [0.15, 0.2) is 4.99 Å². The summed E-state index contributed by atoms with van der Waals surface area (Å²) in [5.41, 5.74) is 0. The van der Waals surface area contributed by atoms with E-state index in [4.69, 9.17) is 0 Å². The van der Waals surface area contributed by atoms with Crippen molar-refractivity contribution in [3.8, 4) is 0 Å². The Balaban J connectivity index is 1.80. The Morgan fingerprint density at radius 1 is 1.40 bits per heavy atom. The first-order valence-corrected chi connectivity index (χ1v) is 8.80. The monoisotopic (exact) mass is 297 g/mol. The van der Waals surface area contributed by atoms with E-state index in [1.807, 2.05) is 23.6 Å². The average molecular weight is 297 g/mol. The maximum absolute atomic E-state index is 12.3. The minimum atomic E-state index is -0.153. The van der Waals surface area contributed by atoms with Crippen molar-refractivity contribution < 1.29 is 4.79 Å². The molecule has 2 aliphatic rings. The van der Waals surface area contributed by atoms with Gasteiger partial charge in [-0.3, -0.25) is 9.79 Å². The maximum atomic E-state index is 12.3. The molecule has 1 N–H and O–H groups in total. The molecular formula is C15H27N3OS. The van der Waals surface area contributed by atoms with E-state index in [9.17, 15) is 4.79 Å². The molecule has 1 fully saturated rings. The van der Waals surface area contributed by atoms with Gasteiger partial charge in [0.15, 0.2) is 5.17 Å². The van der Waals surface area contributed by atoms with E-state index in [0.717, 1.165) is 43.6 Å². The van der Waals surface area contributed by atoms with Gasteiger partial charge >= 0.3 is 0 Å². The highest BCUT2D eigenvalue weighted by molar-refractivity contribution is 8.14. The van der Waals surface area contributed by atoms with Crippen LogP contribution in [0.5, 0.6) is 0 Å². The van der Waals surface area contributed by atoms with Crippen LogP contribution in [-0.2, 0) is 4.79 Å². The van der Waals surface area contributed by atoms with E-state index in [2.05, 4.69) is 24.2 Å². The molecule has 2 atom stereocenters. The predicted octanol–water partition coefficient (Wildman–Crippen LogP) is 2.49. The summed E-state index contributed by atoms with van der Waals surface area (Å²) in [5.74, 6) is 0.949. The van der Waals surface area contributed by atoms with E-state index in [0.29, 0.717) is 5.25 Å². The second-order valence-electron chi connectivity index (χ2n) is 5.78. The van der Waals surface area contributed by atoms with Crippen LogP contribution in [0.2, 0.25) is 0 Å². The summed E-state index contributed by atoms with van der Waals surface area (Å²) in [6.07, 6.45) is 4.70. The van der Waals surface area contributed by atoms with Crippen LogP contribution in [-0.4, -0.2) is 46.9 Å². The number of amidine groups is 1. The molecule has 4 nitrogen and oxygen atoms in total. The summed E-state index contributed by atoms with van der Waals surface area (Å²) in [5, 5.41) is 4.86. The smallest absolute Gasteiger partial charge is 0.244 e. The molecule has 0 spiro atoms. The normalized spacial score (nSPS) is 24.1. The minimum Gasteiger partial charge on any atom is -0.353 e. The van der Waals surface area contributed by atoms with Crippen LogP contribution >= 0.6 is 11.8 Å². The molecule has 2 aliphatic heterocycles. The molecule has 1 saturated heterocycles. The summed E-state index contributed by atoms with van der Waals surface area (Å²) in [4.78, 5) is 18.8. The largest absolute Gasteiger partial charge is 0.353 e. The van der Waals surface area contributed by atoms with Crippen molar-refractivity contribution in [2.24, 2.45) is 10.9 Å². The number of thioether (sulfide) groups is 1. The average Bonchev–Trinajstić information content (AvgIpc) is 3.11. The number of carbonyl (C=O) groups excluding carboxylic acids is 1. The van der Waals surface area contributed by atoms with Crippen molar-refractivity contribution >= 4 is 22.8 Å². The molecule has 2 heterocycles. The molecule has 0 aromatic heterocycles. The topological polar surface area (TPSA) is 44.7 Å². The van der Waals surface area contributed by atoms with E-state index < -0.39 is 0 Å². The highest BCUT2D eigenvalue weighted by Crippen LogP contribution is 2.30. The molecule has 0 bridgehead atoms. The third-order valence-electron chi connectivity index (χ3n) is 4.38. The first-order valence-electron chi connectivity index (χ1n) is 7.92. The van der Waals surface area contributed by atoms with E-state index in [1.54, 1.807) is 0 Å². The maximum Gasteiger partial charge on any atom is 0.244 e. The molecular weight excluding hydrogens is 270 g/mol. The fraction of sp³-hybridized carbons (Fsp3) is 0.867. The fourth-order valence-corrected chi connectivity index (χ4v) is 4.40. The molecule has 0 saturated carbocycles. The zero-order valence-corrected chi connectivity index (χ0v) is 13.7. The second-order valence-corrected chi connectivity index (χ2v) is 7.01. The zero-order valence-electron chi connectivity index (χ0n) is 12.9. The van der Waals surface area contributed by atoms with Gasteiger partial charge in [-0.05, 0) is 25.7 Å². The molecule has 0 radical (unpaired) electrons. The summed E-state index contributed by atoms with van der Waals surface area (Å²) < 4.78 is 0. The molecule has 1 amide bonds. The van der Waals surface area contributed by atoms with Crippen LogP contribution in [0.25, 0.3) is 0 Å². The number of hydrogen-bond acceptors (Lipinski definition) is 4. The predicted molar refractivity (Wildman–Crippen MR) is 86.2 cm³/mol. The third kappa shape index (κ3) is 3.68. The van der Waals surface area contributed by atoms with Gasteiger partial charge < -0.3 is 10.2 Å². The van der Waals surface area contributed by atoms with Gasteiger partial charge in [0.05, 0.1) is 6.54 Å². The number of likely N-dealkylation sites (tertiary alicyclic amines) is 1. The summed E-state index contributed by atoms with van der Waals surface area (Å²) in [7, 11) is 0. The molecule has 0 aromatic carbocycles. The molecule has 0 aliphatic carbocycles. The Bertz CT molecular complexity index is 362. The van der Waals surface area contributed by atoms with Gasteiger partial charge in [-0.15, -0.1) is 0 Å². The summed E-state index contributed by atoms with van der Waals surface area (Å²) >= 11 is 1.82. The van der Waals surface area contributed by atoms with E-state index >= 15 is 0 Å². The van der Waals surface area contributed by atoms with Gasteiger partial charge in [0.2, 0.25) is 5.91 Å². The quantitative estimate of drug-likeness (QED) is 0.848. The van der Waals surface area contributed by atoms with Crippen molar-refractivity contribution in [2.45, 2.75) is 57.7 Å². The number of amides is 1. The van der Waals surface area contributed by atoms with Crippen LogP contribution in [0.1, 0.15) is 46.5 Å². The van der Waals surface area contributed by atoms with Gasteiger partial charge in [0, 0.05) is 18.3 Å². The molecule has 20 heavy (non-hydrogen) atoms. The number of aliphatic imine (C=N–C) groups is 1. The molecule has 2 unspecified atom stereocenters. The van der Waals surface area contributed by atoms with Crippen LogP contribution in [0.3, 0.4) is 0 Å². The molecule has 0 aromatic rings. The Hall–Kier alpha value is -0.710. The van der Waals surface area contributed by atoms with Crippen LogP contribution < -0.4 is 5.32 Å². The second kappa shape index (κ2) is 7.34. The third-order valence-corrected chi connectivity index (χ3v) is 5.69. The standard InChI is InChI=1S/C15H27N3OS/c1-4-12(5-2)13-10-16-15(20-13)17-11(3)14(19)18-8-6-7-9-18/h11-13H,4-10H2,1-3H3,(H,16,17).